The smallest absolute Gasteiger partial charge is 0.0707 e. The molecule has 1 aromatic heterocycles. The van der Waals surface area contributed by atoms with Crippen molar-refractivity contribution in [1.29, 1.82) is 0 Å². The summed E-state index contributed by atoms with van der Waals surface area (Å²) in [5.41, 5.74) is 4.42. The molecule has 116 valence electrons. The Kier molecular flexibility index (Phi) is 4.69. The van der Waals surface area contributed by atoms with Gasteiger partial charge in [0, 0.05) is 30.9 Å². The molecule has 0 aliphatic heterocycles. The molecule has 0 spiro atoms. The van der Waals surface area contributed by atoms with E-state index in [0.29, 0.717) is 6.54 Å². The van der Waals surface area contributed by atoms with Crippen LogP contribution in [0.2, 0.25) is 0 Å². The van der Waals surface area contributed by atoms with Crippen molar-refractivity contribution < 1.29 is 5.11 Å². The van der Waals surface area contributed by atoms with Gasteiger partial charge in [0.05, 0.1) is 12.1 Å². The number of hydrogen-bond donors (Lipinski definition) is 1. The molecular weight excluding hydrogens is 284 g/mol. The average Bonchev–Trinajstić information content (AvgIpc) is 2.60. The zero-order valence-corrected chi connectivity index (χ0v) is 13.2. The quantitative estimate of drug-likeness (QED) is 0.778. The lowest BCUT2D eigenvalue weighted by atomic mass is 10.1. The molecule has 3 nitrogen and oxygen atoms in total. The van der Waals surface area contributed by atoms with Crippen LogP contribution in [0.15, 0.2) is 60.8 Å². The van der Waals surface area contributed by atoms with E-state index in [-0.39, 0.29) is 6.61 Å². The van der Waals surface area contributed by atoms with Crippen LogP contribution in [0.5, 0.6) is 0 Å². The van der Waals surface area contributed by atoms with Gasteiger partial charge in [-0.1, -0.05) is 42.5 Å². The van der Waals surface area contributed by atoms with E-state index in [1.54, 1.807) is 0 Å². The van der Waals surface area contributed by atoms with Crippen molar-refractivity contribution in [3.63, 3.8) is 0 Å². The number of aliphatic hydroxyl groups excluding tert-OH is 1. The number of aliphatic hydroxyl groups is 1. The molecule has 2 aromatic carbocycles. The zero-order chi connectivity index (χ0) is 16.1. The summed E-state index contributed by atoms with van der Waals surface area (Å²) in [6, 6.07) is 18.5. The van der Waals surface area contributed by atoms with Crippen molar-refractivity contribution in [3.05, 3.63) is 71.9 Å². The van der Waals surface area contributed by atoms with E-state index < -0.39 is 0 Å². The number of para-hydroxylation sites is 1. The number of anilines is 1. The van der Waals surface area contributed by atoms with Crippen LogP contribution in [0.25, 0.3) is 23.1 Å². The van der Waals surface area contributed by atoms with Crippen LogP contribution < -0.4 is 4.90 Å². The fourth-order valence-corrected chi connectivity index (χ4v) is 2.57. The number of aromatic nitrogens is 1. The second kappa shape index (κ2) is 7.07. The minimum atomic E-state index is 0.160. The summed E-state index contributed by atoms with van der Waals surface area (Å²) in [4.78, 5) is 6.42. The van der Waals surface area contributed by atoms with E-state index >= 15 is 0 Å². The number of nitrogens with zero attached hydrogens (tertiary/aromatic N) is 2. The Bertz CT molecular complexity index is 804. The van der Waals surface area contributed by atoms with Crippen LogP contribution in [0.4, 0.5) is 5.69 Å². The van der Waals surface area contributed by atoms with Gasteiger partial charge in [-0.25, -0.2) is 0 Å². The molecule has 0 radical (unpaired) electrons. The lowest BCUT2D eigenvalue weighted by Crippen LogP contribution is -2.20. The highest BCUT2D eigenvalue weighted by Crippen LogP contribution is 2.20. The topological polar surface area (TPSA) is 36.4 Å². The normalized spacial score (nSPS) is 11.2. The van der Waals surface area contributed by atoms with Gasteiger partial charge in [0.2, 0.25) is 0 Å². The Morgan fingerprint density at radius 1 is 1.00 bits per heavy atom. The number of benzene rings is 2. The van der Waals surface area contributed by atoms with Gasteiger partial charge < -0.3 is 10.0 Å². The van der Waals surface area contributed by atoms with Gasteiger partial charge in [-0.05, 0) is 35.4 Å². The standard InChI is InChI=1S/C20H20N2O/c1-22(14-15-23)18-10-7-16(8-11-18)6-9-17-12-13-21-20-5-3-2-4-19(17)20/h2-13,23H,14-15H2,1H3/b9-6+. The van der Waals surface area contributed by atoms with Crippen molar-refractivity contribution in [3.8, 4) is 0 Å². The molecule has 3 rings (SSSR count). The second-order valence-corrected chi connectivity index (χ2v) is 5.49. The molecule has 3 aromatic rings. The number of fused-ring (bicyclic) bond motifs is 1. The first-order valence-electron chi connectivity index (χ1n) is 7.72. The maximum atomic E-state index is 8.99. The highest BCUT2D eigenvalue weighted by atomic mass is 16.3. The molecular formula is C20H20N2O. The zero-order valence-electron chi connectivity index (χ0n) is 13.2. The van der Waals surface area contributed by atoms with Gasteiger partial charge in [-0.2, -0.15) is 0 Å². The van der Waals surface area contributed by atoms with Crippen LogP contribution in [-0.2, 0) is 0 Å². The van der Waals surface area contributed by atoms with Crippen molar-refractivity contribution in [2.75, 3.05) is 25.1 Å². The predicted molar refractivity (Wildman–Crippen MR) is 97.5 cm³/mol. The molecule has 0 aliphatic rings. The monoisotopic (exact) mass is 304 g/mol. The average molecular weight is 304 g/mol. The van der Waals surface area contributed by atoms with Crippen molar-refractivity contribution in [1.82, 2.24) is 4.98 Å². The summed E-state index contributed by atoms with van der Waals surface area (Å²) in [5, 5.41) is 10.1. The van der Waals surface area contributed by atoms with Crippen molar-refractivity contribution in [2.24, 2.45) is 0 Å². The van der Waals surface area contributed by atoms with E-state index in [4.69, 9.17) is 5.11 Å². The van der Waals surface area contributed by atoms with E-state index in [1.165, 1.54) is 0 Å². The molecule has 0 atom stereocenters. The number of rotatable bonds is 5. The van der Waals surface area contributed by atoms with Gasteiger partial charge in [-0.3, -0.25) is 4.98 Å². The summed E-state index contributed by atoms with van der Waals surface area (Å²) in [5.74, 6) is 0. The van der Waals surface area contributed by atoms with Gasteiger partial charge in [0.1, 0.15) is 0 Å². The van der Waals surface area contributed by atoms with E-state index in [9.17, 15) is 0 Å². The summed E-state index contributed by atoms with van der Waals surface area (Å²) < 4.78 is 0. The minimum Gasteiger partial charge on any atom is -0.395 e. The number of pyridine rings is 1. The highest BCUT2D eigenvalue weighted by Gasteiger charge is 2.00. The Morgan fingerprint density at radius 2 is 1.78 bits per heavy atom. The first-order valence-corrected chi connectivity index (χ1v) is 7.72. The third-order valence-electron chi connectivity index (χ3n) is 3.91. The Morgan fingerprint density at radius 3 is 2.57 bits per heavy atom. The first-order chi connectivity index (χ1) is 11.3. The molecule has 23 heavy (non-hydrogen) atoms. The molecule has 0 fully saturated rings. The maximum Gasteiger partial charge on any atom is 0.0707 e. The largest absolute Gasteiger partial charge is 0.395 e. The summed E-state index contributed by atoms with van der Waals surface area (Å²) in [7, 11) is 1.98. The molecule has 3 heteroatoms. The third kappa shape index (κ3) is 3.58. The van der Waals surface area contributed by atoms with Crippen LogP contribution in [0, 0.1) is 0 Å². The second-order valence-electron chi connectivity index (χ2n) is 5.49. The molecule has 0 saturated carbocycles. The van der Waals surface area contributed by atoms with Gasteiger partial charge in [0.25, 0.3) is 0 Å². The molecule has 0 aliphatic carbocycles. The van der Waals surface area contributed by atoms with E-state index in [0.717, 1.165) is 27.7 Å². The lowest BCUT2D eigenvalue weighted by molar-refractivity contribution is 0.304. The molecule has 1 heterocycles. The molecule has 0 amide bonds. The number of likely N-dealkylation sites (N-methyl/N-ethyl adjacent to an activating group) is 1. The summed E-state index contributed by atoms with van der Waals surface area (Å²) in [6.07, 6.45) is 6.07. The van der Waals surface area contributed by atoms with E-state index in [2.05, 4.69) is 47.5 Å². The lowest BCUT2D eigenvalue weighted by Gasteiger charge is -2.17. The van der Waals surface area contributed by atoms with Crippen LogP contribution >= 0.6 is 0 Å². The highest BCUT2D eigenvalue weighted by molar-refractivity contribution is 5.90. The first kappa shape index (κ1) is 15.3. The van der Waals surface area contributed by atoms with Gasteiger partial charge >= 0.3 is 0 Å². The molecule has 0 saturated heterocycles. The predicted octanol–water partition coefficient (Wildman–Crippen LogP) is 3.83. The summed E-state index contributed by atoms with van der Waals surface area (Å²) >= 11 is 0. The maximum absolute atomic E-state index is 8.99. The summed E-state index contributed by atoms with van der Waals surface area (Å²) in [6.45, 7) is 0.797. The van der Waals surface area contributed by atoms with E-state index in [1.807, 2.05) is 42.4 Å². The Labute approximate surface area is 136 Å². The molecule has 0 bridgehead atoms. The van der Waals surface area contributed by atoms with Crippen LogP contribution in [0.1, 0.15) is 11.1 Å². The SMILES string of the molecule is CN(CCO)c1ccc(/C=C/c2ccnc3ccccc23)cc1. The van der Waals surface area contributed by atoms with Crippen LogP contribution in [0.3, 0.4) is 0 Å². The Balaban J connectivity index is 1.82. The fourth-order valence-electron chi connectivity index (χ4n) is 2.57. The minimum absolute atomic E-state index is 0.160. The van der Waals surface area contributed by atoms with Gasteiger partial charge in [-0.15, -0.1) is 0 Å². The third-order valence-corrected chi connectivity index (χ3v) is 3.91. The molecule has 1 N–H and O–H groups in total. The van der Waals surface area contributed by atoms with Crippen molar-refractivity contribution >= 4 is 28.7 Å². The van der Waals surface area contributed by atoms with Crippen LogP contribution in [-0.4, -0.2) is 30.3 Å². The fraction of sp³-hybridized carbons (Fsp3) is 0.150. The van der Waals surface area contributed by atoms with Gasteiger partial charge in [0.15, 0.2) is 0 Å². The van der Waals surface area contributed by atoms with Crippen molar-refractivity contribution in [2.45, 2.75) is 0 Å². The molecule has 0 unspecified atom stereocenters. The number of hydrogen-bond acceptors (Lipinski definition) is 3. The Hall–Kier alpha value is -2.65.